The third-order valence-corrected chi connectivity index (χ3v) is 11.8. The Morgan fingerprint density at radius 3 is 1.80 bits per heavy atom. The van der Waals surface area contributed by atoms with Gasteiger partial charge in [0.05, 0.1) is 6.54 Å². The standard InChI is InChI=1S/C46H79N15O9/c1-5-28(4)37(42(67)57-31(18-12-22-54-46(51)52)43(68)61-23-13-19-35(61)41(66)58-32(44(69)70)16-9-10-20-47)60-38(63)30(17-11-21-53-45(49)50)56-39(64)33(24-27(2)3)59-40(65)34(55-36(62)26-48)25-29-14-7-6-8-15-29/h6-8,14-15,27-28,30-35,37H,5,9-13,16-26,47-48H2,1-4H3,(H,55,62)(H,56,64)(H,57,67)(H,58,66)(H,59,65)(H,60,63)(H,69,70)(H4,49,50,53)(H4,51,52,54)/t28-,30-,31-,32-,33-,34-,35-,37-/m0/s1. The fourth-order valence-electron chi connectivity index (χ4n) is 7.83. The van der Waals surface area contributed by atoms with Crippen LogP contribution in [-0.2, 0) is 44.8 Å². The molecule has 1 aliphatic rings. The molecule has 1 aromatic rings. The SMILES string of the molecule is CC[C@H](C)[C@H](NC(=O)[C@H](CCCN=C(N)N)NC(=O)[C@H](CC(C)C)NC(=O)[C@H](Cc1ccccc1)NC(=O)CN)C(=O)N[C@@H](CCCN=C(N)N)C(=O)N1CCC[C@H]1C(=O)N[C@@H](CCCCN)C(=O)O. The van der Waals surface area contributed by atoms with Gasteiger partial charge in [-0.15, -0.1) is 0 Å². The molecule has 8 atom stereocenters. The van der Waals surface area contributed by atoms with Crippen LogP contribution in [0.25, 0.3) is 0 Å². The average Bonchev–Trinajstić information content (AvgIpc) is 3.81. The van der Waals surface area contributed by atoms with Crippen LogP contribution in [0, 0.1) is 11.8 Å². The molecule has 2 rings (SSSR count). The minimum atomic E-state index is -1.28. The second kappa shape index (κ2) is 31.5. The number of nitrogens with zero attached hydrogens (tertiary/aromatic N) is 3. The fourth-order valence-corrected chi connectivity index (χ4v) is 7.83. The first kappa shape index (κ1) is 59.6. The Balaban J connectivity index is 2.45. The number of nitrogens with two attached hydrogens (primary N) is 6. The van der Waals surface area contributed by atoms with Gasteiger partial charge in [-0.05, 0) is 88.2 Å². The second-order valence-corrected chi connectivity index (χ2v) is 18.0. The van der Waals surface area contributed by atoms with E-state index in [2.05, 4.69) is 41.9 Å². The van der Waals surface area contributed by atoms with Crippen LogP contribution in [0.2, 0.25) is 0 Å². The van der Waals surface area contributed by atoms with Crippen LogP contribution >= 0.6 is 0 Å². The summed E-state index contributed by atoms with van der Waals surface area (Å²) in [6.45, 7) is 7.56. The number of aliphatic imine (C=N–C) groups is 2. The molecule has 19 N–H and O–H groups in total. The number of unbranched alkanes of at least 4 members (excludes halogenated alkanes) is 1. The number of carboxylic acid groups (broad SMARTS) is 1. The van der Waals surface area contributed by atoms with Crippen molar-refractivity contribution in [1.82, 2.24) is 36.8 Å². The lowest BCUT2D eigenvalue weighted by Gasteiger charge is -2.32. The quantitative estimate of drug-likeness (QED) is 0.0202. The highest BCUT2D eigenvalue weighted by atomic mass is 16.4. The summed E-state index contributed by atoms with van der Waals surface area (Å²) in [7, 11) is 0. The molecular weight excluding hydrogens is 907 g/mol. The molecule has 24 nitrogen and oxygen atoms in total. The van der Waals surface area contributed by atoms with E-state index in [1.165, 1.54) is 4.90 Å². The van der Waals surface area contributed by atoms with Gasteiger partial charge in [-0.3, -0.25) is 43.5 Å². The van der Waals surface area contributed by atoms with Crippen LogP contribution in [0.3, 0.4) is 0 Å². The normalized spacial score (nSPS) is 16.2. The molecule has 0 spiro atoms. The van der Waals surface area contributed by atoms with E-state index in [0.29, 0.717) is 32.2 Å². The smallest absolute Gasteiger partial charge is 0.326 e. The number of amides is 7. The van der Waals surface area contributed by atoms with Gasteiger partial charge in [-0.2, -0.15) is 0 Å². The molecule has 1 fully saturated rings. The van der Waals surface area contributed by atoms with E-state index in [0.717, 1.165) is 5.56 Å². The molecule has 0 radical (unpaired) electrons. The summed E-state index contributed by atoms with van der Waals surface area (Å²) in [6, 6.07) is 0.721. The lowest BCUT2D eigenvalue weighted by atomic mass is 9.96. The molecule has 1 heterocycles. The van der Waals surface area contributed by atoms with Crippen LogP contribution in [0.5, 0.6) is 0 Å². The molecule has 1 aromatic carbocycles. The molecular formula is C46H79N15O9. The van der Waals surface area contributed by atoms with Crippen LogP contribution in [-0.4, -0.2) is 144 Å². The van der Waals surface area contributed by atoms with Gasteiger partial charge in [0.1, 0.15) is 42.3 Å². The summed E-state index contributed by atoms with van der Waals surface area (Å²) >= 11 is 0. The summed E-state index contributed by atoms with van der Waals surface area (Å²) in [5.41, 5.74) is 34.0. The number of likely N-dealkylation sites (tertiary alicyclic amines) is 1. The van der Waals surface area contributed by atoms with Crippen molar-refractivity contribution in [2.75, 3.05) is 32.7 Å². The van der Waals surface area contributed by atoms with E-state index >= 15 is 0 Å². The number of hydrogen-bond donors (Lipinski definition) is 13. The van der Waals surface area contributed by atoms with Gasteiger partial charge in [0.2, 0.25) is 41.4 Å². The maximum atomic E-state index is 14.4. The van der Waals surface area contributed by atoms with Crippen LogP contribution in [0.4, 0.5) is 0 Å². The zero-order valence-corrected chi connectivity index (χ0v) is 41.1. The van der Waals surface area contributed by atoms with Crippen molar-refractivity contribution < 1.29 is 43.5 Å². The first-order valence-electron chi connectivity index (χ1n) is 24.1. The van der Waals surface area contributed by atoms with Gasteiger partial charge in [-0.25, -0.2) is 4.79 Å². The molecule has 1 saturated heterocycles. The maximum absolute atomic E-state index is 14.4. The van der Waals surface area contributed by atoms with Crippen molar-refractivity contribution in [1.29, 1.82) is 0 Å². The number of rotatable bonds is 32. The second-order valence-electron chi connectivity index (χ2n) is 18.0. The Hall–Kier alpha value is -6.56. The number of carboxylic acids is 1. The number of carbonyl (C=O) groups is 8. The Labute approximate surface area is 410 Å². The number of carbonyl (C=O) groups excluding carboxylic acids is 7. The molecule has 70 heavy (non-hydrogen) atoms. The van der Waals surface area contributed by atoms with Crippen molar-refractivity contribution in [3.8, 4) is 0 Å². The predicted octanol–water partition coefficient (Wildman–Crippen LogP) is -2.50. The lowest BCUT2D eigenvalue weighted by molar-refractivity contribution is -0.145. The van der Waals surface area contributed by atoms with Crippen LogP contribution < -0.4 is 66.3 Å². The average molecular weight is 986 g/mol. The molecule has 0 aliphatic carbocycles. The van der Waals surface area contributed by atoms with E-state index in [4.69, 9.17) is 34.4 Å². The lowest BCUT2D eigenvalue weighted by Crippen LogP contribution is -2.61. The Morgan fingerprint density at radius 2 is 1.24 bits per heavy atom. The third-order valence-electron chi connectivity index (χ3n) is 11.8. The van der Waals surface area contributed by atoms with Gasteiger partial charge >= 0.3 is 5.97 Å². The number of benzene rings is 1. The van der Waals surface area contributed by atoms with Crippen molar-refractivity contribution in [3.05, 3.63) is 35.9 Å². The van der Waals surface area contributed by atoms with E-state index < -0.39 is 95.5 Å². The summed E-state index contributed by atoms with van der Waals surface area (Å²) in [5.74, 6) is -6.89. The molecule has 392 valence electrons. The van der Waals surface area contributed by atoms with Crippen molar-refractivity contribution >= 4 is 59.2 Å². The fraction of sp³-hybridized carbons (Fsp3) is 0.652. The Morgan fingerprint density at radius 1 is 0.686 bits per heavy atom. The van der Waals surface area contributed by atoms with Crippen LogP contribution in [0.15, 0.2) is 40.3 Å². The van der Waals surface area contributed by atoms with Gasteiger partial charge < -0.3 is 76.3 Å². The van der Waals surface area contributed by atoms with E-state index in [1.807, 2.05) is 13.8 Å². The summed E-state index contributed by atoms with van der Waals surface area (Å²) in [4.78, 5) is 118. The van der Waals surface area contributed by atoms with Crippen LogP contribution in [0.1, 0.15) is 104 Å². The first-order valence-corrected chi connectivity index (χ1v) is 24.1. The molecule has 24 heteroatoms. The third kappa shape index (κ3) is 21.4. The zero-order chi connectivity index (χ0) is 52.3. The first-order chi connectivity index (χ1) is 33.2. The van der Waals surface area contributed by atoms with Crippen molar-refractivity contribution in [2.45, 2.75) is 147 Å². The molecule has 0 bridgehead atoms. The zero-order valence-electron chi connectivity index (χ0n) is 41.1. The van der Waals surface area contributed by atoms with Gasteiger partial charge in [-0.1, -0.05) is 64.4 Å². The van der Waals surface area contributed by atoms with Crippen molar-refractivity contribution in [3.63, 3.8) is 0 Å². The summed E-state index contributed by atoms with van der Waals surface area (Å²) in [6.07, 6.45) is 2.96. The number of hydrogen-bond acceptors (Lipinski definition) is 12. The Kier molecular flexibility index (Phi) is 26.8. The van der Waals surface area contributed by atoms with E-state index in [-0.39, 0.29) is 95.4 Å². The highest BCUT2D eigenvalue weighted by Gasteiger charge is 2.40. The maximum Gasteiger partial charge on any atom is 0.326 e. The molecule has 0 unspecified atom stereocenters. The number of aliphatic carboxylic acids is 1. The topological polar surface area (TPSA) is 413 Å². The minimum absolute atomic E-state index is 0.00516. The van der Waals surface area contributed by atoms with Gasteiger partial charge in [0.15, 0.2) is 11.9 Å². The minimum Gasteiger partial charge on any atom is -0.480 e. The number of nitrogens with one attached hydrogen (secondary N) is 6. The van der Waals surface area contributed by atoms with E-state index in [9.17, 15) is 43.5 Å². The highest BCUT2D eigenvalue weighted by Crippen LogP contribution is 2.21. The Bertz CT molecular complexity index is 1930. The predicted molar refractivity (Wildman–Crippen MR) is 265 cm³/mol. The van der Waals surface area contributed by atoms with Crippen molar-refractivity contribution in [2.24, 2.45) is 56.2 Å². The van der Waals surface area contributed by atoms with E-state index in [1.54, 1.807) is 44.2 Å². The largest absolute Gasteiger partial charge is 0.480 e. The molecule has 1 aliphatic heterocycles. The molecule has 0 aromatic heterocycles. The highest BCUT2D eigenvalue weighted by molar-refractivity contribution is 5.97. The molecule has 0 saturated carbocycles. The van der Waals surface area contributed by atoms with Gasteiger partial charge in [0, 0.05) is 26.1 Å². The monoisotopic (exact) mass is 986 g/mol. The summed E-state index contributed by atoms with van der Waals surface area (Å²) < 4.78 is 0. The molecule has 7 amide bonds. The number of guanidine groups is 2. The van der Waals surface area contributed by atoms with Gasteiger partial charge in [0.25, 0.3) is 0 Å². The summed E-state index contributed by atoms with van der Waals surface area (Å²) in [5, 5.41) is 26.1.